The highest BCUT2D eigenvalue weighted by atomic mass is 15.3. The molecule has 1 aliphatic heterocycles. The average molecular weight is 256 g/mol. The van der Waals surface area contributed by atoms with Gasteiger partial charge in [-0.25, -0.2) is 9.97 Å². The lowest BCUT2D eigenvalue weighted by Gasteiger charge is -2.24. The number of benzene rings is 1. The average Bonchev–Trinajstić information content (AvgIpc) is 2.93. The number of rotatable bonds is 4. The van der Waals surface area contributed by atoms with Crippen LogP contribution in [0.4, 0.5) is 5.95 Å². The van der Waals surface area contributed by atoms with Crippen LogP contribution in [0, 0.1) is 0 Å². The third kappa shape index (κ3) is 2.54. The van der Waals surface area contributed by atoms with Crippen molar-refractivity contribution in [2.45, 2.75) is 31.7 Å². The summed E-state index contributed by atoms with van der Waals surface area (Å²) in [6, 6.07) is 8.70. The van der Waals surface area contributed by atoms with E-state index in [4.69, 9.17) is 10.7 Å². The SMILES string of the molecule is NCCCC1CCCN1c1ncc2ccccc2n1. The van der Waals surface area contributed by atoms with E-state index in [-0.39, 0.29) is 0 Å². The third-order valence-corrected chi connectivity index (χ3v) is 3.85. The summed E-state index contributed by atoms with van der Waals surface area (Å²) in [5.41, 5.74) is 6.64. The highest BCUT2D eigenvalue weighted by Crippen LogP contribution is 2.26. The van der Waals surface area contributed by atoms with Gasteiger partial charge in [-0.1, -0.05) is 18.2 Å². The molecule has 1 saturated heterocycles. The topological polar surface area (TPSA) is 55.0 Å². The van der Waals surface area contributed by atoms with E-state index in [1.807, 2.05) is 24.4 Å². The minimum absolute atomic E-state index is 0.560. The molecule has 4 heteroatoms. The van der Waals surface area contributed by atoms with Gasteiger partial charge in [-0.05, 0) is 38.3 Å². The molecule has 2 aromatic rings. The Morgan fingerprint density at radius 1 is 1.32 bits per heavy atom. The van der Waals surface area contributed by atoms with Crippen LogP contribution in [-0.2, 0) is 0 Å². The molecule has 4 nitrogen and oxygen atoms in total. The van der Waals surface area contributed by atoms with Crippen molar-refractivity contribution in [3.8, 4) is 0 Å². The number of hydrogen-bond acceptors (Lipinski definition) is 4. The van der Waals surface area contributed by atoms with Crippen molar-refractivity contribution in [3.05, 3.63) is 30.5 Å². The van der Waals surface area contributed by atoms with Crippen LogP contribution >= 0.6 is 0 Å². The third-order valence-electron chi connectivity index (χ3n) is 3.85. The number of anilines is 1. The van der Waals surface area contributed by atoms with E-state index in [2.05, 4.69) is 16.0 Å². The van der Waals surface area contributed by atoms with Crippen molar-refractivity contribution in [2.24, 2.45) is 5.73 Å². The smallest absolute Gasteiger partial charge is 0.226 e. The Balaban J connectivity index is 1.86. The molecule has 1 atom stereocenters. The first kappa shape index (κ1) is 12.4. The second-order valence-electron chi connectivity index (χ2n) is 5.15. The van der Waals surface area contributed by atoms with E-state index >= 15 is 0 Å². The maximum Gasteiger partial charge on any atom is 0.226 e. The standard InChI is InChI=1S/C15H20N4/c16-9-3-6-13-7-4-10-19(13)15-17-11-12-5-1-2-8-14(12)18-15/h1-2,5,8,11,13H,3-4,6-7,9-10,16H2. The molecule has 1 aromatic heterocycles. The molecule has 1 aliphatic rings. The van der Waals surface area contributed by atoms with Gasteiger partial charge in [0.25, 0.3) is 0 Å². The second kappa shape index (κ2) is 5.53. The summed E-state index contributed by atoms with van der Waals surface area (Å²) in [7, 11) is 0. The van der Waals surface area contributed by atoms with Crippen molar-refractivity contribution >= 4 is 16.9 Å². The molecular formula is C15H20N4. The van der Waals surface area contributed by atoms with Gasteiger partial charge in [0.1, 0.15) is 0 Å². The Morgan fingerprint density at radius 2 is 2.21 bits per heavy atom. The Bertz CT molecular complexity index is 555. The second-order valence-corrected chi connectivity index (χ2v) is 5.15. The number of para-hydroxylation sites is 1. The molecule has 3 rings (SSSR count). The number of hydrogen-bond donors (Lipinski definition) is 1. The van der Waals surface area contributed by atoms with Gasteiger partial charge in [0.15, 0.2) is 0 Å². The number of aromatic nitrogens is 2. The first-order valence-electron chi connectivity index (χ1n) is 7.07. The zero-order valence-corrected chi connectivity index (χ0v) is 11.1. The minimum atomic E-state index is 0.560. The largest absolute Gasteiger partial charge is 0.338 e. The molecule has 2 N–H and O–H groups in total. The fourth-order valence-electron chi connectivity index (χ4n) is 2.85. The molecule has 100 valence electrons. The van der Waals surface area contributed by atoms with Gasteiger partial charge in [-0.3, -0.25) is 0 Å². The normalized spacial score (nSPS) is 19.2. The Kier molecular flexibility index (Phi) is 3.60. The van der Waals surface area contributed by atoms with E-state index in [0.717, 1.165) is 42.8 Å². The van der Waals surface area contributed by atoms with Gasteiger partial charge in [0.2, 0.25) is 5.95 Å². The maximum atomic E-state index is 5.62. The fraction of sp³-hybridized carbons (Fsp3) is 0.467. The summed E-state index contributed by atoms with van der Waals surface area (Å²) < 4.78 is 0. The molecule has 0 spiro atoms. The van der Waals surface area contributed by atoms with Crippen molar-refractivity contribution < 1.29 is 0 Å². The molecule has 2 heterocycles. The van der Waals surface area contributed by atoms with Gasteiger partial charge < -0.3 is 10.6 Å². The molecular weight excluding hydrogens is 236 g/mol. The first-order valence-corrected chi connectivity index (χ1v) is 7.07. The van der Waals surface area contributed by atoms with Crippen molar-refractivity contribution in [2.75, 3.05) is 18.0 Å². The van der Waals surface area contributed by atoms with Crippen LogP contribution in [0.1, 0.15) is 25.7 Å². The van der Waals surface area contributed by atoms with Crippen LogP contribution in [0.15, 0.2) is 30.5 Å². The van der Waals surface area contributed by atoms with E-state index in [1.54, 1.807) is 0 Å². The van der Waals surface area contributed by atoms with Gasteiger partial charge in [0.05, 0.1) is 5.52 Å². The quantitative estimate of drug-likeness (QED) is 0.912. The first-order chi connectivity index (χ1) is 9.38. The maximum absolute atomic E-state index is 5.62. The Labute approximate surface area is 113 Å². The van der Waals surface area contributed by atoms with E-state index in [0.29, 0.717) is 6.04 Å². The van der Waals surface area contributed by atoms with Gasteiger partial charge in [0, 0.05) is 24.2 Å². The monoisotopic (exact) mass is 256 g/mol. The summed E-state index contributed by atoms with van der Waals surface area (Å²) in [6.45, 7) is 1.83. The van der Waals surface area contributed by atoms with Crippen LogP contribution in [0.5, 0.6) is 0 Å². The number of nitrogens with two attached hydrogens (primary N) is 1. The lowest BCUT2D eigenvalue weighted by Crippen LogP contribution is -2.31. The molecule has 0 amide bonds. The molecule has 0 saturated carbocycles. The van der Waals surface area contributed by atoms with Gasteiger partial charge in [-0.2, -0.15) is 0 Å². The predicted octanol–water partition coefficient (Wildman–Crippen LogP) is 2.34. The van der Waals surface area contributed by atoms with Crippen molar-refractivity contribution in [3.63, 3.8) is 0 Å². The lowest BCUT2D eigenvalue weighted by atomic mass is 10.1. The van der Waals surface area contributed by atoms with E-state index in [1.165, 1.54) is 12.8 Å². The summed E-state index contributed by atoms with van der Waals surface area (Å²) in [5.74, 6) is 0.873. The molecule has 0 aliphatic carbocycles. The Hall–Kier alpha value is -1.68. The van der Waals surface area contributed by atoms with Crippen molar-refractivity contribution in [1.29, 1.82) is 0 Å². The summed E-state index contributed by atoms with van der Waals surface area (Å²) in [6.07, 6.45) is 6.61. The van der Waals surface area contributed by atoms with Crippen LogP contribution in [0.2, 0.25) is 0 Å². The van der Waals surface area contributed by atoms with E-state index < -0.39 is 0 Å². The van der Waals surface area contributed by atoms with Gasteiger partial charge in [-0.15, -0.1) is 0 Å². The van der Waals surface area contributed by atoms with Crippen LogP contribution < -0.4 is 10.6 Å². The molecule has 1 aromatic carbocycles. The predicted molar refractivity (Wildman–Crippen MR) is 78.2 cm³/mol. The highest BCUT2D eigenvalue weighted by molar-refractivity contribution is 5.78. The number of nitrogens with zero attached hydrogens (tertiary/aromatic N) is 3. The lowest BCUT2D eigenvalue weighted by molar-refractivity contribution is 0.579. The van der Waals surface area contributed by atoms with Crippen LogP contribution in [-0.4, -0.2) is 29.1 Å². The van der Waals surface area contributed by atoms with Gasteiger partial charge >= 0.3 is 0 Å². The molecule has 1 unspecified atom stereocenters. The van der Waals surface area contributed by atoms with E-state index in [9.17, 15) is 0 Å². The highest BCUT2D eigenvalue weighted by Gasteiger charge is 2.26. The summed E-state index contributed by atoms with van der Waals surface area (Å²) in [4.78, 5) is 11.6. The van der Waals surface area contributed by atoms with Crippen LogP contribution in [0.3, 0.4) is 0 Å². The molecule has 1 fully saturated rings. The zero-order valence-electron chi connectivity index (χ0n) is 11.1. The molecule has 0 radical (unpaired) electrons. The zero-order chi connectivity index (χ0) is 13.1. The minimum Gasteiger partial charge on any atom is -0.338 e. The molecule has 19 heavy (non-hydrogen) atoms. The molecule has 0 bridgehead atoms. The fourth-order valence-corrected chi connectivity index (χ4v) is 2.85. The van der Waals surface area contributed by atoms with Crippen molar-refractivity contribution in [1.82, 2.24) is 9.97 Å². The Morgan fingerprint density at radius 3 is 3.11 bits per heavy atom. The number of fused-ring (bicyclic) bond motifs is 1. The summed E-state index contributed by atoms with van der Waals surface area (Å²) in [5, 5.41) is 1.10. The summed E-state index contributed by atoms with van der Waals surface area (Å²) >= 11 is 0. The van der Waals surface area contributed by atoms with Crippen LogP contribution in [0.25, 0.3) is 10.9 Å².